The largest absolute Gasteiger partial charge is 0.495 e. The first kappa shape index (κ1) is 17.2. The van der Waals surface area contributed by atoms with Gasteiger partial charge in [0.05, 0.1) is 23.3 Å². The van der Waals surface area contributed by atoms with Crippen molar-refractivity contribution in [2.45, 2.75) is 0 Å². The first-order valence-corrected chi connectivity index (χ1v) is 7.48. The molecule has 0 fully saturated rings. The summed E-state index contributed by atoms with van der Waals surface area (Å²) in [6.45, 7) is 0. The van der Waals surface area contributed by atoms with Crippen LogP contribution in [0.4, 0.5) is 15.8 Å². The zero-order valence-electron chi connectivity index (χ0n) is 13.6. The molecule has 7 nitrogen and oxygen atoms in total. The lowest BCUT2D eigenvalue weighted by Crippen LogP contribution is -2.12. The fraction of sp³-hybridized carbons (Fsp3) is 0.0556. The van der Waals surface area contributed by atoms with Gasteiger partial charge in [-0.2, -0.15) is 0 Å². The average Bonchev–Trinajstić information content (AvgIpc) is 3.12. The predicted octanol–water partition coefficient (Wildman–Crippen LogP) is 4.25. The standard InChI is InChI=1S/C18H13FN2O5/c1-25-16-7-6-11(21(23)24)10-14(16)20-18(22)17-9-8-15(26-17)12-4-2-3-5-13(12)19/h2-10H,1H3,(H,20,22). The molecule has 3 rings (SSSR count). The molecule has 0 unspecified atom stereocenters. The van der Waals surface area contributed by atoms with Gasteiger partial charge in [-0.15, -0.1) is 0 Å². The van der Waals surface area contributed by atoms with Crippen molar-refractivity contribution >= 4 is 17.3 Å². The van der Waals surface area contributed by atoms with E-state index in [1.807, 2.05) is 0 Å². The monoisotopic (exact) mass is 356 g/mol. The number of nitro benzene ring substituents is 1. The Morgan fingerprint density at radius 2 is 1.96 bits per heavy atom. The highest BCUT2D eigenvalue weighted by Gasteiger charge is 2.18. The van der Waals surface area contributed by atoms with Crippen LogP contribution in [0.2, 0.25) is 0 Å². The summed E-state index contributed by atoms with van der Waals surface area (Å²) in [7, 11) is 1.38. The number of amides is 1. The molecule has 0 radical (unpaired) electrons. The number of nitrogens with zero attached hydrogens (tertiary/aromatic N) is 1. The quantitative estimate of drug-likeness (QED) is 0.544. The molecule has 0 aliphatic heterocycles. The first-order valence-electron chi connectivity index (χ1n) is 7.48. The van der Waals surface area contributed by atoms with Crippen molar-refractivity contribution in [1.29, 1.82) is 0 Å². The molecule has 3 aromatic rings. The van der Waals surface area contributed by atoms with Crippen LogP contribution >= 0.6 is 0 Å². The first-order chi connectivity index (χ1) is 12.5. The molecule has 2 aromatic carbocycles. The number of furan rings is 1. The summed E-state index contributed by atoms with van der Waals surface area (Å²) in [5.41, 5.74) is 0.141. The van der Waals surface area contributed by atoms with E-state index in [0.29, 0.717) is 0 Å². The summed E-state index contributed by atoms with van der Waals surface area (Å²) in [5.74, 6) is -0.749. The van der Waals surface area contributed by atoms with Gasteiger partial charge in [-0.25, -0.2) is 4.39 Å². The third kappa shape index (κ3) is 3.39. The summed E-state index contributed by atoms with van der Waals surface area (Å²) < 4.78 is 24.3. The van der Waals surface area contributed by atoms with Gasteiger partial charge in [0.2, 0.25) is 0 Å². The Balaban J connectivity index is 1.86. The van der Waals surface area contributed by atoms with E-state index in [9.17, 15) is 19.3 Å². The summed E-state index contributed by atoms with van der Waals surface area (Å²) >= 11 is 0. The van der Waals surface area contributed by atoms with Crippen molar-refractivity contribution in [3.8, 4) is 17.1 Å². The van der Waals surface area contributed by atoms with Crippen LogP contribution in [0.5, 0.6) is 5.75 Å². The number of benzene rings is 2. The lowest BCUT2D eigenvalue weighted by atomic mass is 10.1. The maximum absolute atomic E-state index is 13.8. The number of halogens is 1. The Hall–Kier alpha value is -3.68. The number of rotatable bonds is 5. The number of anilines is 1. The topological polar surface area (TPSA) is 94.6 Å². The molecule has 0 saturated heterocycles. The van der Waals surface area contributed by atoms with Crippen LogP contribution in [-0.2, 0) is 0 Å². The van der Waals surface area contributed by atoms with Gasteiger partial charge in [-0.3, -0.25) is 14.9 Å². The minimum absolute atomic E-state index is 0.0724. The number of carbonyl (C=O) groups is 1. The van der Waals surface area contributed by atoms with E-state index in [-0.39, 0.29) is 34.2 Å². The number of carbonyl (C=O) groups excluding carboxylic acids is 1. The Bertz CT molecular complexity index is 983. The number of methoxy groups -OCH3 is 1. The highest BCUT2D eigenvalue weighted by molar-refractivity contribution is 6.03. The van der Waals surface area contributed by atoms with E-state index in [2.05, 4.69) is 5.32 Å². The lowest BCUT2D eigenvalue weighted by Gasteiger charge is -2.08. The van der Waals surface area contributed by atoms with Crippen molar-refractivity contribution < 1.29 is 23.3 Å². The number of ether oxygens (including phenoxy) is 1. The van der Waals surface area contributed by atoms with E-state index in [4.69, 9.17) is 9.15 Å². The van der Waals surface area contributed by atoms with Crippen LogP contribution in [0.15, 0.2) is 59.0 Å². The Morgan fingerprint density at radius 1 is 1.19 bits per heavy atom. The molecule has 1 N–H and O–H groups in total. The summed E-state index contributed by atoms with van der Waals surface area (Å²) in [4.78, 5) is 22.7. The van der Waals surface area contributed by atoms with Crippen molar-refractivity contribution in [3.63, 3.8) is 0 Å². The highest BCUT2D eigenvalue weighted by Crippen LogP contribution is 2.30. The SMILES string of the molecule is COc1ccc([N+](=O)[O-])cc1NC(=O)c1ccc(-c2ccccc2F)o1. The lowest BCUT2D eigenvalue weighted by molar-refractivity contribution is -0.384. The van der Waals surface area contributed by atoms with Gasteiger partial charge in [0.1, 0.15) is 17.3 Å². The highest BCUT2D eigenvalue weighted by atomic mass is 19.1. The Kier molecular flexibility index (Phi) is 4.66. The molecule has 1 amide bonds. The number of non-ortho nitro benzene ring substituents is 1. The third-order valence-electron chi connectivity index (χ3n) is 3.61. The van der Waals surface area contributed by atoms with Crippen molar-refractivity contribution in [2.24, 2.45) is 0 Å². The van der Waals surface area contributed by atoms with Gasteiger partial charge >= 0.3 is 0 Å². The second-order valence-electron chi connectivity index (χ2n) is 5.24. The van der Waals surface area contributed by atoms with Crippen LogP contribution in [0.1, 0.15) is 10.6 Å². The molecule has 0 atom stereocenters. The third-order valence-corrected chi connectivity index (χ3v) is 3.61. The Labute approximate surface area is 147 Å². The van der Waals surface area contributed by atoms with Gasteiger partial charge in [0, 0.05) is 12.1 Å². The van der Waals surface area contributed by atoms with E-state index < -0.39 is 16.6 Å². The number of hydrogen-bond donors (Lipinski definition) is 1. The molecule has 0 aliphatic carbocycles. The van der Waals surface area contributed by atoms with E-state index in [1.54, 1.807) is 12.1 Å². The number of hydrogen-bond acceptors (Lipinski definition) is 5. The van der Waals surface area contributed by atoms with Crippen LogP contribution in [-0.4, -0.2) is 17.9 Å². The van der Waals surface area contributed by atoms with Gasteiger partial charge in [-0.1, -0.05) is 12.1 Å². The molecule has 132 valence electrons. The zero-order chi connectivity index (χ0) is 18.7. The fourth-order valence-electron chi connectivity index (χ4n) is 2.36. The minimum Gasteiger partial charge on any atom is -0.495 e. The Morgan fingerprint density at radius 3 is 2.65 bits per heavy atom. The summed E-state index contributed by atoms with van der Waals surface area (Å²) in [6.07, 6.45) is 0. The van der Waals surface area contributed by atoms with Gasteiger partial charge in [0.25, 0.3) is 11.6 Å². The summed E-state index contributed by atoms with van der Waals surface area (Å²) in [6, 6.07) is 12.7. The van der Waals surface area contributed by atoms with Crippen molar-refractivity contribution in [2.75, 3.05) is 12.4 Å². The molecule has 1 aromatic heterocycles. The minimum atomic E-state index is -0.647. The van der Waals surface area contributed by atoms with Crippen molar-refractivity contribution in [3.05, 3.63) is 76.3 Å². The molecule has 1 heterocycles. The van der Waals surface area contributed by atoms with Gasteiger partial charge in [0.15, 0.2) is 5.76 Å². The molecule has 0 bridgehead atoms. The molecular formula is C18H13FN2O5. The van der Waals surface area contributed by atoms with Gasteiger partial charge in [-0.05, 0) is 30.3 Å². The fourth-order valence-corrected chi connectivity index (χ4v) is 2.36. The molecule has 0 aliphatic rings. The zero-order valence-corrected chi connectivity index (χ0v) is 13.6. The smallest absolute Gasteiger partial charge is 0.291 e. The normalized spacial score (nSPS) is 10.4. The van der Waals surface area contributed by atoms with Gasteiger partial charge < -0.3 is 14.5 Å². The second kappa shape index (κ2) is 7.06. The maximum Gasteiger partial charge on any atom is 0.291 e. The van der Waals surface area contributed by atoms with Crippen LogP contribution in [0.3, 0.4) is 0 Å². The average molecular weight is 356 g/mol. The van der Waals surface area contributed by atoms with E-state index >= 15 is 0 Å². The summed E-state index contributed by atoms with van der Waals surface area (Å²) in [5, 5.41) is 13.4. The molecular weight excluding hydrogens is 343 g/mol. The van der Waals surface area contributed by atoms with E-state index in [0.717, 1.165) is 0 Å². The molecule has 0 spiro atoms. The van der Waals surface area contributed by atoms with Crippen LogP contribution in [0, 0.1) is 15.9 Å². The maximum atomic E-state index is 13.8. The number of nitro groups is 1. The van der Waals surface area contributed by atoms with E-state index in [1.165, 1.54) is 49.6 Å². The number of nitrogens with one attached hydrogen (secondary N) is 1. The van der Waals surface area contributed by atoms with Crippen molar-refractivity contribution in [1.82, 2.24) is 0 Å². The molecule has 8 heteroatoms. The molecule has 0 saturated carbocycles. The molecule has 26 heavy (non-hydrogen) atoms. The second-order valence-corrected chi connectivity index (χ2v) is 5.24. The van der Waals surface area contributed by atoms with Crippen LogP contribution < -0.4 is 10.1 Å². The predicted molar refractivity (Wildman–Crippen MR) is 91.7 cm³/mol. The van der Waals surface area contributed by atoms with Crippen LogP contribution in [0.25, 0.3) is 11.3 Å².